The smallest absolute Gasteiger partial charge is 0.328 e. The Morgan fingerprint density at radius 1 is 1.04 bits per heavy atom. The van der Waals surface area contributed by atoms with Crippen molar-refractivity contribution in [3.8, 4) is 0 Å². The summed E-state index contributed by atoms with van der Waals surface area (Å²) >= 11 is 0. The molecule has 2 atom stereocenters. The maximum absolute atomic E-state index is 12.4. The summed E-state index contributed by atoms with van der Waals surface area (Å²) in [4.78, 5) is 35.3. The second kappa shape index (κ2) is 9.58. The van der Waals surface area contributed by atoms with Crippen LogP contribution in [0.2, 0.25) is 0 Å². The van der Waals surface area contributed by atoms with Gasteiger partial charge < -0.3 is 19.5 Å². The topological polar surface area (TPSA) is 90.9 Å². The van der Waals surface area contributed by atoms with Gasteiger partial charge in [0, 0.05) is 13.5 Å². The van der Waals surface area contributed by atoms with Crippen molar-refractivity contribution in [1.29, 1.82) is 0 Å². The van der Waals surface area contributed by atoms with E-state index >= 15 is 0 Å². The van der Waals surface area contributed by atoms with Crippen LogP contribution < -0.4 is 5.32 Å². The minimum atomic E-state index is -0.951. The molecule has 0 unspecified atom stereocenters. The van der Waals surface area contributed by atoms with Gasteiger partial charge in [-0.25, -0.2) is 4.79 Å². The van der Waals surface area contributed by atoms with Crippen LogP contribution in [0.5, 0.6) is 0 Å². The summed E-state index contributed by atoms with van der Waals surface area (Å²) in [6.45, 7) is 0. The summed E-state index contributed by atoms with van der Waals surface area (Å²) in [6.07, 6.45) is -0.794. The quantitative estimate of drug-likeness (QED) is 0.717. The maximum atomic E-state index is 12.4. The van der Waals surface area contributed by atoms with E-state index in [0.29, 0.717) is 5.56 Å². The molecule has 23 heavy (non-hydrogen) atoms. The lowest BCUT2D eigenvalue weighted by Gasteiger charge is -2.20. The predicted octanol–water partition coefficient (Wildman–Crippen LogP) is 0.985. The van der Waals surface area contributed by atoms with Gasteiger partial charge in [-0.1, -0.05) is 30.3 Å². The average Bonchev–Trinajstić information content (AvgIpc) is 2.59. The van der Waals surface area contributed by atoms with Crippen LogP contribution in [0, 0.1) is 0 Å². The van der Waals surface area contributed by atoms with Gasteiger partial charge in [0.2, 0.25) is 0 Å². The van der Waals surface area contributed by atoms with Crippen LogP contribution in [0.3, 0.4) is 0 Å². The van der Waals surface area contributed by atoms with Crippen LogP contribution >= 0.6 is 0 Å². The molecule has 1 rings (SSSR count). The van der Waals surface area contributed by atoms with E-state index in [9.17, 15) is 14.4 Å². The molecule has 0 aromatic heterocycles. The van der Waals surface area contributed by atoms with Crippen molar-refractivity contribution in [3.63, 3.8) is 0 Å². The van der Waals surface area contributed by atoms with Crippen molar-refractivity contribution >= 4 is 17.8 Å². The highest BCUT2D eigenvalue weighted by Crippen LogP contribution is 2.17. The van der Waals surface area contributed by atoms with Gasteiger partial charge in [-0.3, -0.25) is 9.59 Å². The molecule has 1 amide bonds. The highest BCUT2D eigenvalue weighted by Gasteiger charge is 2.27. The number of benzene rings is 1. The van der Waals surface area contributed by atoms with Gasteiger partial charge in [0.05, 0.1) is 14.2 Å². The third-order valence-corrected chi connectivity index (χ3v) is 3.24. The fourth-order valence-corrected chi connectivity index (χ4v) is 2.03. The lowest BCUT2D eigenvalue weighted by molar-refractivity contribution is -0.148. The van der Waals surface area contributed by atoms with E-state index in [0.717, 1.165) is 0 Å². The summed E-state index contributed by atoms with van der Waals surface area (Å²) in [5.74, 6) is -1.59. The summed E-state index contributed by atoms with van der Waals surface area (Å²) in [7, 11) is 3.87. The van der Waals surface area contributed by atoms with Gasteiger partial charge in [0.1, 0.15) is 6.04 Å². The lowest BCUT2D eigenvalue weighted by Crippen LogP contribution is -2.44. The zero-order chi connectivity index (χ0) is 17.2. The summed E-state index contributed by atoms with van der Waals surface area (Å²) in [5.41, 5.74) is 0.657. The minimum Gasteiger partial charge on any atom is -0.469 e. The molecule has 0 saturated heterocycles. The zero-order valence-electron chi connectivity index (χ0n) is 13.4. The standard InChI is InChI=1S/C16H21NO6/c1-21-13(18)10-9-12(16(20)23-3)17-15(19)14(22-2)11-7-5-4-6-8-11/h4-8,12,14H,9-10H2,1-3H3,(H,17,19)/t12-,14-/m0/s1. The largest absolute Gasteiger partial charge is 0.469 e. The molecular formula is C16H21NO6. The molecule has 7 nitrogen and oxygen atoms in total. The van der Waals surface area contributed by atoms with E-state index < -0.39 is 30.0 Å². The second-order valence-electron chi connectivity index (χ2n) is 4.73. The van der Waals surface area contributed by atoms with Crippen LogP contribution in [0.1, 0.15) is 24.5 Å². The number of ether oxygens (including phenoxy) is 3. The molecule has 0 spiro atoms. The monoisotopic (exact) mass is 323 g/mol. The third-order valence-electron chi connectivity index (χ3n) is 3.24. The Balaban J connectivity index is 2.78. The van der Waals surface area contributed by atoms with E-state index in [1.54, 1.807) is 24.3 Å². The van der Waals surface area contributed by atoms with Crippen LogP contribution in [0.25, 0.3) is 0 Å². The van der Waals surface area contributed by atoms with E-state index in [4.69, 9.17) is 4.74 Å². The molecule has 0 radical (unpaired) electrons. The number of carbonyl (C=O) groups is 3. The van der Waals surface area contributed by atoms with E-state index in [-0.39, 0.29) is 12.8 Å². The molecule has 7 heteroatoms. The van der Waals surface area contributed by atoms with Gasteiger partial charge >= 0.3 is 11.9 Å². The molecule has 0 aliphatic heterocycles. The minimum absolute atomic E-state index is 0.0144. The molecule has 0 saturated carbocycles. The maximum Gasteiger partial charge on any atom is 0.328 e. The van der Waals surface area contributed by atoms with E-state index in [2.05, 4.69) is 14.8 Å². The van der Waals surface area contributed by atoms with Crippen molar-refractivity contribution in [2.24, 2.45) is 0 Å². The first-order valence-electron chi connectivity index (χ1n) is 7.06. The summed E-state index contributed by atoms with van der Waals surface area (Å²) in [6, 6.07) is 7.92. The SMILES string of the molecule is COC(=O)CC[C@H](NC(=O)[C@@H](OC)c1ccccc1)C(=O)OC. The molecule has 1 aromatic rings. The molecule has 0 aliphatic carbocycles. The zero-order valence-corrected chi connectivity index (χ0v) is 13.4. The molecule has 1 aromatic carbocycles. The molecule has 0 aliphatic rings. The van der Waals surface area contributed by atoms with Gasteiger partial charge in [-0.15, -0.1) is 0 Å². The highest BCUT2D eigenvalue weighted by molar-refractivity contribution is 5.88. The molecule has 0 bridgehead atoms. The van der Waals surface area contributed by atoms with Crippen LogP contribution in [0.15, 0.2) is 30.3 Å². The Morgan fingerprint density at radius 3 is 2.22 bits per heavy atom. The highest BCUT2D eigenvalue weighted by atomic mass is 16.5. The first kappa shape index (κ1) is 18.6. The first-order chi connectivity index (χ1) is 11.0. The van der Waals surface area contributed by atoms with Gasteiger partial charge in [-0.2, -0.15) is 0 Å². The Labute approximate surface area is 134 Å². The van der Waals surface area contributed by atoms with Crippen molar-refractivity contribution in [3.05, 3.63) is 35.9 Å². The number of carbonyl (C=O) groups excluding carboxylic acids is 3. The lowest BCUT2D eigenvalue weighted by atomic mass is 10.1. The van der Waals surface area contributed by atoms with Gasteiger partial charge in [-0.05, 0) is 12.0 Å². The van der Waals surface area contributed by atoms with Crippen LogP contribution in [0.4, 0.5) is 0 Å². The number of esters is 2. The van der Waals surface area contributed by atoms with Crippen molar-refractivity contribution in [1.82, 2.24) is 5.32 Å². The fourth-order valence-electron chi connectivity index (χ4n) is 2.03. The van der Waals surface area contributed by atoms with Crippen LogP contribution in [-0.4, -0.2) is 45.2 Å². The third kappa shape index (κ3) is 5.71. The summed E-state index contributed by atoms with van der Waals surface area (Å²) < 4.78 is 14.4. The Morgan fingerprint density at radius 2 is 1.70 bits per heavy atom. The van der Waals surface area contributed by atoms with Crippen molar-refractivity contribution in [2.75, 3.05) is 21.3 Å². The second-order valence-corrected chi connectivity index (χ2v) is 4.73. The number of nitrogens with one attached hydrogen (secondary N) is 1. The van der Waals surface area contributed by atoms with Crippen molar-refractivity contribution < 1.29 is 28.6 Å². The molecule has 126 valence electrons. The van der Waals surface area contributed by atoms with E-state index in [1.165, 1.54) is 21.3 Å². The normalized spacial score (nSPS) is 12.8. The molecule has 1 N–H and O–H groups in total. The Kier molecular flexibility index (Phi) is 7.76. The number of methoxy groups -OCH3 is 3. The number of rotatable bonds is 8. The first-order valence-corrected chi connectivity index (χ1v) is 7.06. The average molecular weight is 323 g/mol. The number of hydrogen-bond acceptors (Lipinski definition) is 6. The summed E-state index contributed by atoms with van der Waals surface area (Å²) in [5, 5.41) is 2.55. The van der Waals surface area contributed by atoms with Crippen molar-refractivity contribution in [2.45, 2.75) is 25.0 Å². The van der Waals surface area contributed by atoms with Gasteiger partial charge in [0.25, 0.3) is 5.91 Å². The molecule has 0 heterocycles. The molecular weight excluding hydrogens is 302 g/mol. The molecule has 0 fully saturated rings. The number of hydrogen-bond donors (Lipinski definition) is 1. The number of amides is 1. The fraction of sp³-hybridized carbons (Fsp3) is 0.438. The van der Waals surface area contributed by atoms with E-state index in [1.807, 2.05) is 6.07 Å². The Bertz CT molecular complexity index is 531. The van der Waals surface area contributed by atoms with Crippen LogP contribution in [-0.2, 0) is 28.6 Å². The predicted molar refractivity (Wildman–Crippen MR) is 81.4 cm³/mol. The van der Waals surface area contributed by atoms with Gasteiger partial charge in [0.15, 0.2) is 6.10 Å². The Hall–Kier alpha value is -2.41.